The van der Waals surface area contributed by atoms with Gasteiger partial charge in [0.1, 0.15) is 5.01 Å². The third kappa shape index (κ3) is 7.61. The first-order valence-corrected chi connectivity index (χ1v) is 10.4. The Bertz CT molecular complexity index is 804. The van der Waals surface area contributed by atoms with Crippen LogP contribution >= 0.6 is 23.1 Å². The van der Waals surface area contributed by atoms with Gasteiger partial charge in [-0.05, 0) is 12.1 Å². The smallest absolute Gasteiger partial charge is 0.205 e. The number of nitrogens with one attached hydrogen (secondary N) is 2. The maximum absolute atomic E-state index is 8.68. The zero-order valence-corrected chi connectivity index (χ0v) is 16.8. The van der Waals surface area contributed by atoms with Crippen LogP contribution in [0.4, 0.5) is 5.69 Å². The Morgan fingerprint density at radius 2 is 2.22 bits per heavy atom. The summed E-state index contributed by atoms with van der Waals surface area (Å²) in [7, 11) is 2.07. The Morgan fingerprint density at radius 1 is 1.41 bits per heavy atom. The number of hydrogen-bond acceptors (Lipinski definition) is 6. The predicted octanol–water partition coefficient (Wildman–Crippen LogP) is 2.66. The first-order valence-electron chi connectivity index (χ1n) is 8.37. The molecule has 0 saturated carbocycles. The average Bonchev–Trinajstić information content (AvgIpc) is 3.13. The highest BCUT2D eigenvalue weighted by atomic mass is 32.2. The summed E-state index contributed by atoms with van der Waals surface area (Å²) in [6, 6.07) is 10.3. The Balaban J connectivity index is 1.73. The van der Waals surface area contributed by atoms with Gasteiger partial charge in [0.15, 0.2) is 6.19 Å². The van der Waals surface area contributed by atoms with E-state index in [9.17, 15) is 0 Å². The molecule has 0 radical (unpaired) electrons. The van der Waals surface area contributed by atoms with Crippen LogP contribution in [0.1, 0.15) is 10.7 Å². The summed E-state index contributed by atoms with van der Waals surface area (Å²) in [5, 5.41) is 17.3. The molecule has 0 unspecified atom stereocenters. The van der Waals surface area contributed by atoms with E-state index in [2.05, 4.69) is 51.0 Å². The third-order valence-corrected chi connectivity index (χ3v) is 5.49. The van der Waals surface area contributed by atoms with Crippen molar-refractivity contribution >= 4 is 34.7 Å². The summed E-state index contributed by atoms with van der Waals surface area (Å²) in [5.41, 5.74) is 2.26. The van der Waals surface area contributed by atoms with E-state index in [1.165, 1.54) is 5.69 Å². The number of anilines is 1. The maximum atomic E-state index is 8.68. The van der Waals surface area contributed by atoms with Gasteiger partial charge in [-0.25, -0.2) is 4.98 Å². The van der Waals surface area contributed by atoms with Crippen molar-refractivity contribution in [2.24, 2.45) is 4.99 Å². The molecule has 2 aromatic rings. The molecule has 0 atom stereocenters. The summed E-state index contributed by atoms with van der Waals surface area (Å²) in [6.45, 7) is 1.72. The van der Waals surface area contributed by atoms with Crippen LogP contribution in [0.25, 0.3) is 0 Å². The van der Waals surface area contributed by atoms with Crippen LogP contribution in [0.15, 0.2) is 40.7 Å². The molecule has 0 aliphatic heterocycles. The fourth-order valence-electron chi connectivity index (χ4n) is 2.21. The Hall–Kier alpha value is -2.68. The minimum Gasteiger partial charge on any atom is -0.369 e. The minimum absolute atomic E-state index is 0.333. The van der Waals surface area contributed by atoms with Crippen molar-refractivity contribution in [2.45, 2.75) is 12.3 Å². The van der Waals surface area contributed by atoms with Crippen molar-refractivity contribution in [1.29, 1.82) is 5.26 Å². The van der Waals surface area contributed by atoms with Crippen LogP contribution in [-0.2, 0) is 12.3 Å². The number of guanidine groups is 1. The van der Waals surface area contributed by atoms with Gasteiger partial charge in [0.05, 0.1) is 25.3 Å². The molecule has 27 heavy (non-hydrogen) atoms. The molecule has 0 amide bonds. The molecule has 2 rings (SSSR count). The van der Waals surface area contributed by atoms with E-state index >= 15 is 0 Å². The van der Waals surface area contributed by atoms with Gasteiger partial charge in [0, 0.05) is 29.6 Å². The van der Waals surface area contributed by atoms with Gasteiger partial charge >= 0.3 is 0 Å². The molecular formula is C19H22N6S2. The molecule has 140 valence electrons. The van der Waals surface area contributed by atoms with Crippen LogP contribution in [0.3, 0.4) is 0 Å². The molecule has 1 aromatic carbocycles. The van der Waals surface area contributed by atoms with Crippen molar-refractivity contribution in [3.05, 3.63) is 46.4 Å². The number of thioether (sulfide) groups is 1. The largest absolute Gasteiger partial charge is 0.369 e. The number of hydrogen-bond donors (Lipinski definition) is 2. The van der Waals surface area contributed by atoms with E-state index in [1.807, 2.05) is 24.4 Å². The van der Waals surface area contributed by atoms with Gasteiger partial charge in [-0.15, -0.1) is 17.8 Å². The fraction of sp³-hybridized carbons (Fsp3) is 0.316. The summed E-state index contributed by atoms with van der Waals surface area (Å²) in [4.78, 5) is 11.2. The number of nitrogens with zero attached hydrogens (tertiary/aromatic N) is 4. The van der Waals surface area contributed by atoms with Crippen molar-refractivity contribution in [3.8, 4) is 18.5 Å². The number of nitriles is 1. The predicted molar refractivity (Wildman–Crippen MR) is 115 cm³/mol. The molecule has 1 heterocycles. The number of terminal acetylenes is 1. The molecule has 2 N–H and O–H groups in total. The summed E-state index contributed by atoms with van der Waals surface area (Å²) in [6.07, 6.45) is 7.03. The summed E-state index contributed by atoms with van der Waals surface area (Å²) < 4.78 is 0. The first-order chi connectivity index (χ1) is 13.2. The number of thiazole rings is 1. The monoisotopic (exact) mass is 398 g/mol. The molecule has 0 saturated heterocycles. The Morgan fingerprint density at radius 3 is 2.96 bits per heavy atom. The molecule has 1 aromatic heterocycles. The molecule has 8 heteroatoms. The van der Waals surface area contributed by atoms with E-state index in [4.69, 9.17) is 16.7 Å². The molecule has 6 nitrogen and oxygen atoms in total. The normalized spacial score (nSPS) is 10.7. The van der Waals surface area contributed by atoms with E-state index < -0.39 is 0 Å². The topological polar surface area (TPSA) is 76.3 Å². The molecular weight excluding hydrogens is 376 g/mol. The van der Waals surface area contributed by atoms with Crippen LogP contribution in [0, 0.1) is 23.8 Å². The van der Waals surface area contributed by atoms with Gasteiger partial charge in [-0.2, -0.15) is 17.0 Å². The highest BCUT2D eigenvalue weighted by Gasteiger charge is 2.06. The van der Waals surface area contributed by atoms with Gasteiger partial charge < -0.3 is 10.2 Å². The minimum atomic E-state index is 0.333. The zero-order valence-electron chi connectivity index (χ0n) is 15.2. The maximum Gasteiger partial charge on any atom is 0.205 e. The highest BCUT2D eigenvalue weighted by molar-refractivity contribution is 7.98. The zero-order chi connectivity index (χ0) is 19.3. The van der Waals surface area contributed by atoms with Crippen LogP contribution in [0.2, 0.25) is 0 Å². The van der Waals surface area contributed by atoms with E-state index in [0.29, 0.717) is 19.0 Å². The lowest BCUT2D eigenvalue weighted by Gasteiger charge is -2.17. The van der Waals surface area contributed by atoms with E-state index in [-0.39, 0.29) is 0 Å². The molecule has 0 aliphatic rings. The lowest BCUT2D eigenvalue weighted by atomic mass is 10.3. The standard InChI is InChI=1S/C19H22N6S2/c1-3-9-21-19(23-15-20)22-10-11-26-14-18-24-16(13-27-18)12-25(2)17-7-5-4-6-8-17/h1,4-8,13H,9-12,14H2,2H3,(H2,21,22,23). The van der Waals surface area contributed by atoms with Gasteiger partial charge in [-0.3, -0.25) is 10.3 Å². The van der Waals surface area contributed by atoms with Crippen molar-refractivity contribution in [3.63, 3.8) is 0 Å². The van der Waals surface area contributed by atoms with Gasteiger partial charge in [0.2, 0.25) is 5.96 Å². The Labute approximate surface area is 168 Å². The fourth-order valence-corrected chi connectivity index (χ4v) is 3.91. The molecule has 0 spiro atoms. The number of para-hydroxylation sites is 1. The summed E-state index contributed by atoms with van der Waals surface area (Å²) in [5.74, 6) is 4.56. The SMILES string of the molecule is C#CCNC(=NCCSCc1nc(CN(C)c2ccccc2)cs1)NC#N. The lowest BCUT2D eigenvalue weighted by Crippen LogP contribution is -2.34. The molecule has 0 bridgehead atoms. The molecule has 0 aliphatic carbocycles. The molecule has 0 fully saturated rings. The quantitative estimate of drug-likeness (QED) is 0.169. The number of benzene rings is 1. The van der Waals surface area contributed by atoms with Crippen molar-refractivity contribution in [2.75, 3.05) is 30.8 Å². The second-order valence-electron chi connectivity index (χ2n) is 5.50. The van der Waals surface area contributed by atoms with Gasteiger partial charge in [0.25, 0.3) is 0 Å². The van der Waals surface area contributed by atoms with Crippen LogP contribution in [0.5, 0.6) is 0 Å². The number of aliphatic imine (C=N–C) groups is 1. The third-order valence-electron chi connectivity index (χ3n) is 3.46. The number of rotatable bonds is 9. The first kappa shape index (κ1) is 20.6. The second kappa shape index (κ2) is 11.8. The van der Waals surface area contributed by atoms with Gasteiger partial charge in [-0.1, -0.05) is 24.1 Å². The van der Waals surface area contributed by atoms with E-state index in [1.54, 1.807) is 23.1 Å². The second-order valence-corrected chi connectivity index (χ2v) is 7.55. The van der Waals surface area contributed by atoms with Crippen LogP contribution < -0.4 is 15.5 Å². The average molecular weight is 399 g/mol. The highest BCUT2D eigenvalue weighted by Crippen LogP contribution is 2.19. The summed E-state index contributed by atoms with van der Waals surface area (Å²) >= 11 is 3.45. The van der Waals surface area contributed by atoms with Crippen molar-refractivity contribution in [1.82, 2.24) is 15.6 Å². The van der Waals surface area contributed by atoms with Crippen molar-refractivity contribution < 1.29 is 0 Å². The lowest BCUT2D eigenvalue weighted by molar-refractivity contribution is 0.889. The van der Waals surface area contributed by atoms with E-state index in [0.717, 1.165) is 28.8 Å². The number of aromatic nitrogens is 1. The van der Waals surface area contributed by atoms with Crippen LogP contribution in [-0.4, -0.2) is 36.8 Å². The Kier molecular flexibility index (Phi) is 9.05.